The number of hydrogen-bond donors (Lipinski definition) is 0. The van der Waals surface area contributed by atoms with Crippen LogP contribution < -0.4 is 0 Å². The first kappa shape index (κ1) is 24.5. The molecule has 2 heteroatoms. The van der Waals surface area contributed by atoms with Crippen molar-refractivity contribution >= 4 is 8.07 Å². The molecule has 2 aromatic rings. The van der Waals surface area contributed by atoms with Crippen LogP contribution in [-0.4, -0.2) is 8.07 Å². The van der Waals surface area contributed by atoms with Gasteiger partial charge in [0.2, 0.25) is 0 Å². The van der Waals surface area contributed by atoms with Crippen molar-refractivity contribution < 1.29 is 26.2 Å². The molecule has 140 valence electrons. The van der Waals surface area contributed by atoms with Crippen LogP contribution in [0.15, 0.2) is 94.4 Å². The predicted octanol–water partition coefficient (Wildman–Crippen LogP) is 6.90. The van der Waals surface area contributed by atoms with E-state index < -0.39 is 8.07 Å². The minimum atomic E-state index is -1.49. The van der Waals surface area contributed by atoms with Gasteiger partial charge in [-0.15, -0.1) is 26.7 Å². The second-order valence-corrected chi connectivity index (χ2v) is 11.3. The number of benzene rings is 2. The average molecular weight is 460 g/mol. The third-order valence-electron chi connectivity index (χ3n) is 4.63. The van der Waals surface area contributed by atoms with Crippen LogP contribution in [0.4, 0.5) is 0 Å². The molecule has 0 atom stereocenters. The van der Waals surface area contributed by atoms with Gasteiger partial charge in [0.25, 0.3) is 0 Å². The summed E-state index contributed by atoms with van der Waals surface area (Å²) in [5.74, 6) is 0. The maximum absolute atomic E-state index is 3.54. The topological polar surface area (TPSA) is 0 Å². The Bertz CT molecular complexity index is 689. The fourth-order valence-electron chi connectivity index (χ4n) is 3.33. The summed E-state index contributed by atoms with van der Waals surface area (Å²) in [5.41, 5.74) is 2.89. The van der Waals surface area contributed by atoms with Gasteiger partial charge in [-0.2, -0.15) is 84.9 Å². The molecule has 0 saturated heterocycles. The third kappa shape index (κ3) is 7.49. The Morgan fingerprint density at radius 1 is 0.643 bits per heavy atom. The van der Waals surface area contributed by atoms with Crippen LogP contribution >= 0.6 is 0 Å². The Labute approximate surface area is 191 Å². The van der Waals surface area contributed by atoms with E-state index in [4.69, 9.17) is 0 Å². The van der Waals surface area contributed by atoms with E-state index >= 15 is 0 Å². The number of hydrogen-bond acceptors (Lipinski definition) is 0. The summed E-state index contributed by atoms with van der Waals surface area (Å²) < 4.78 is 0. The van der Waals surface area contributed by atoms with E-state index in [-0.39, 0.29) is 26.2 Å². The Morgan fingerprint density at radius 2 is 1.00 bits per heavy atom. The monoisotopic (exact) mass is 458 g/mol. The molecule has 0 saturated carbocycles. The first-order valence-electron chi connectivity index (χ1n) is 9.42. The normalized spacial score (nSPS) is 14.7. The van der Waals surface area contributed by atoms with E-state index in [2.05, 4.69) is 63.4 Å². The van der Waals surface area contributed by atoms with E-state index in [0.717, 1.165) is 12.8 Å². The van der Waals surface area contributed by atoms with Crippen molar-refractivity contribution in [3.63, 3.8) is 0 Å². The quantitative estimate of drug-likeness (QED) is 0.338. The molecule has 2 aliphatic rings. The molecule has 0 bridgehead atoms. The van der Waals surface area contributed by atoms with E-state index in [0.29, 0.717) is 0 Å². The first-order valence-corrected chi connectivity index (χ1v) is 12.4. The van der Waals surface area contributed by atoms with Gasteiger partial charge in [0.15, 0.2) is 0 Å². The molecule has 4 rings (SSSR count). The molecule has 0 N–H and O–H groups in total. The minimum absolute atomic E-state index is 0. The largest absolute Gasteiger partial charge is 4.00 e. The second-order valence-electron chi connectivity index (χ2n) is 7.07. The molecular formula is C26H28SiZr. The van der Waals surface area contributed by atoms with Gasteiger partial charge in [-0.25, -0.2) is 21.5 Å². The van der Waals surface area contributed by atoms with Crippen LogP contribution in [-0.2, 0) is 26.2 Å². The predicted molar refractivity (Wildman–Crippen MR) is 118 cm³/mol. The first-order chi connectivity index (χ1) is 13.0. The van der Waals surface area contributed by atoms with Gasteiger partial charge in [-0.3, -0.25) is 12.2 Å². The van der Waals surface area contributed by atoms with Crippen molar-refractivity contribution in [2.45, 2.75) is 39.8 Å². The molecule has 0 spiro atoms. The summed E-state index contributed by atoms with van der Waals surface area (Å²) in [7, 11) is -1.49. The minimum Gasteiger partial charge on any atom is -0.273 e. The van der Waals surface area contributed by atoms with Crippen molar-refractivity contribution in [2.24, 2.45) is 0 Å². The standard InChI is InChI=1S/C14H18Si.2C6H5.Zr/c1-11-7-5-9-13(11)15(3,4)14-10-6-8-12(14)2;2*1-2-4-6-5-3-1;/h7-8H,5-6H2,1-4H3;2*1-5H;/q-2;2*-1;+4. The summed E-state index contributed by atoms with van der Waals surface area (Å²) in [4.78, 5) is 0. The van der Waals surface area contributed by atoms with Gasteiger partial charge in [0.1, 0.15) is 0 Å². The zero-order valence-electron chi connectivity index (χ0n) is 17.3. The smallest absolute Gasteiger partial charge is 0.273 e. The van der Waals surface area contributed by atoms with Crippen LogP contribution in [0.25, 0.3) is 0 Å². The molecule has 2 aromatic carbocycles. The fraction of sp³-hybridized carbons (Fsp3) is 0.231. The molecule has 2 aliphatic carbocycles. The average Bonchev–Trinajstić information content (AvgIpc) is 3.34. The Kier molecular flexibility index (Phi) is 11.3. The molecular weight excluding hydrogens is 432 g/mol. The SMILES string of the molecule is CC1=CC[C-]=C1[Si](C)(C)C1=[C-]CC=C1C.[Zr+4].[c-]1ccccc1.[c-]1ccccc1. The molecule has 28 heavy (non-hydrogen) atoms. The molecule has 0 aromatic heterocycles. The van der Waals surface area contributed by atoms with E-state index in [1.54, 1.807) is 0 Å². The molecule has 0 aliphatic heterocycles. The summed E-state index contributed by atoms with van der Waals surface area (Å²) in [6.45, 7) is 9.28. The number of allylic oxidation sites excluding steroid dienone is 8. The maximum Gasteiger partial charge on any atom is 4.00 e. The van der Waals surface area contributed by atoms with Crippen LogP contribution in [0.3, 0.4) is 0 Å². The van der Waals surface area contributed by atoms with E-state index in [1.165, 1.54) is 21.5 Å². The second kappa shape index (κ2) is 12.9. The van der Waals surface area contributed by atoms with Crippen LogP contribution in [0.1, 0.15) is 26.7 Å². The molecule has 0 unspecified atom stereocenters. The summed E-state index contributed by atoms with van der Waals surface area (Å²) in [6, 6.07) is 25.0. The summed E-state index contributed by atoms with van der Waals surface area (Å²) in [6.07, 6.45) is 13.7. The van der Waals surface area contributed by atoms with Crippen LogP contribution in [0.2, 0.25) is 13.1 Å². The van der Waals surface area contributed by atoms with Gasteiger partial charge in [-0.1, -0.05) is 13.1 Å². The van der Waals surface area contributed by atoms with Crippen molar-refractivity contribution in [1.29, 1.82) is 0 Å². The van der Waals surface area contributed by atoms with E-state index in [9.17, 15) is 0 Å². The van der Waals surface area contributed by atoms with Crippen LogP contribution in [0, 0.1) is 24.3 Å². The van der Waals surface area contributed by atoms with Gasteiger partial charge < -0.3 is 0 Å². The molecule has 0 radical (unpaired) electrons. The summed E-state index contributed by atoms with van der Waals surface area (Å²) >= 11 is 0. The Morgan fingerprint density at radius 3 is 1.18 bits per heavy atom. The fourth-order valence-corrected chi connectivity index (χ4v) is 6.85. The zero-order chi connectivity index (χ0) is 19.5. The third-order valence-corrected chi connectivity index (χ3v) is 8.27. The van der Waals surface area contributed by atoms with Crippen molar-refractivity contribution in [1.82, 2.24) is 0 Å². The Hall–Kier alpha value is -1.50. The number of rotatable bonds is 2. The van der Waals surface area contributed by atoms with Crippen LogP contribution in [0.5, 0.6) is 0 Å². The van der Waals surface area contributed by atoms with Gasteiger partial charge in [0, 0.05) is 8.07 Å². The molecule has 0 amide bonds. The van der Waals surface area contributed by atoms with Crippen molar-refractivity contribution in [3.05, 3.63) is 119 Å². The van der Waals surface area contributed by atoms with Gasteiger partial charge in [-0.05, 0) is 0 Å². The van der Waals surface area contributed by atoms with E-state index in [1.807, 2.05) is 60.7 Å². The van der Waals surface area contributed by atoms with Gasteiger partial charge >= 0.3 is 26.2 Å². The maximum atomic E-state index is 3.54. The Balaban J connectivity index is 0.000000249. The molecule has 0 fully saturated rings. The summed E-state index contributed by atoms with van der Waals surface area (Å²) in [5, 5.41) is 3.00. The van der Waals surface area contributed by atoms with Gasteiger partial charge in [0.05, 0.1) is 0 Å². The van der Waals surface area contributed by atoms with Crippen molar-refractivity contribution in [2.75, 3.05) is 0 Å². The molecule has 0 heterocycles. The van der Waals surface area contributed by atoms with Crippen molar-refractivity contribution in [3.8, 4) is 0 Å². The molecule has 0 nitrogen and oxygen atoms in total. The zero-order valence-corrected chi connectivity index (χ0v) is 20.8.